The number of imidazole rings is 1. The highest BCUT2D eigenvalue weighted by atomic mass is 35.5. The number of hydrogen-bond acceptors (Lipinski definition) is 5. The Labute approximate surface area is 173 Å². The molecule has 1 atom stereocenters. The minimum atomic E-state index is -0.297. The molecule has 1 amide bonds. The van der Waals surface area contributed by atoms with Gasteiger partial charge < -0.3 is 19.5 Å². The number of halogens is 1. The van der Waals surface area contributed by atoms with Crippen molar-refractivity contribution in [1.82, 2.24) is 9.55 Å². The number of carbonyl (C=O) groups is 1. The van der Waals surface area contributed by atoms with Gasteiger partial charge in [0.25, 0.3) is 0 Å². The number of fused-ring (bicyclic) bond motifs is 1. The Morgan fingerprint density at radius 1 is 1.10 bits per heavy atom. The van der Waals surface area contributed by atoms with Crippen molar-refractivity contribution in [1.29, 1.82) is 0 Å². The molecule has 8 heteroatoms. The Morgan fingerprint density at radius 2 is 1.90 bits per heavy atom. The van der Waals surface area contributed by atoms with Crippen molar-refractivity contribution in [2.75, 3.05) is 26.6 Å². The number of rotatable bonds is 5. The summed E-state index contributed by atoms with van der Waals surface area (Å²) >= 11 is 6.14. The van der Waals surface area contributed by atoms with E-state index in [0.717, 1.165) is 16.9 Å². The van der Waals surface area contributed by atoms with Gasteiger partial charge in [-0.25, -0.2) is 4.98 Å². The molecule has 1 unspecified atom stereocenters. The van der Waals surface area contributed by atoms with Crippen LogP contribution >= 0.6 is 11.6 Å². The molecule has 0 bridgehead atoms. The molecule has 0 radical (unpaired) electrons. The zero-order chi connectivity index (χ0) is 20.5. The van der Waals surface area contributed by atoms with Gasteiger partial charge in [-0.1, -0.05) is 23.7 Å². The predicted octanol–water partition coefficient (Wildman–Crippen LogP) is 4.03. The molecule has 7 nitrogen and oxygen atoms in total. The molecule has 29 heavy (non-hydrogen) atoms. The highest BCUT2D eigenvalue weighted by Crippen LogP contribution is 2.47. The first-order chi connectivity index (χ1) is 14.1. The van der Waals surface area contributed by atoms with E-state index in [4.69, 9.17) is 25.8 Å². The lowest BCUT2D eigenvalue weighted by atomic mass is 9.88. The number of ether oxygens (including phenoxy) is 3. The number of amides is 1. The van der Waals surface area contributed by atoms with E-state index < -0.39 is 0 Å². The van der Waals surface area contributed by atoms with Crippen LogP contribution in [0.4, 0.5) is 5.82 Å². The third-order valence-corrected chi connectivity index (χ3v) is 5.20. The van der Waals surface area contributed by atoms with Crippen LogP contribution in [0.25, 0.3) is 5.69 Å². The van der Waals surface area contributed by atoms with Crippen molar-refractivity contribution in [3.63, 3.8) is 0 Å². The van der Waals surface area contributed by atoms with Crippen LogP contribution in [0, 0.1) is 0 Å². The Balaban J connectivity index is 1.86. The number of nitrogens with zero attached hydrogens (tertiary/aromatic N) is 2. The van der Waals surface area contributed by atoms with Crippen LogP contribution in [0.5, 0.6) is 17.2 Å². The van der Waals surface area contributed by atoms with Gasteiger partial charge in [-0.05, 0) is 24.3 Å². The summed E-state index contributed by atoms with van der Waals surface area (Å²) in [5.74, 6) is 1.77. The summed E-state index contributed by atoms with van der Waals surface area (Å²) in [6.45, 7) is 0. The van der Waals surface area contributed by atoms with Gasteiger partial charge in [0, 0.05) is 28.6 Å². The monoisotopic (exact) mass is 413 g/mol. The van der Waals surface area contributed by atoms with E-state index in [0.29, 0.717) is 28.1 Å². The van der Waals surface area contributed by atoms with Crippen LogP contribution in [0.2, 0.25) is 5.02 Å². The second-order valence-corrected chi connectivity index (χ2v) is 6.99. The summed E-state index contributed by atoms with van der Waals surface area (Å²) in [6.07, 6.45) is 1.92. The molecule has 3 aromatic rings. The largest absolute Gasteiger partial charge is 0.493 e. The predicted molar refractivity (Wildman–Crippen MR) is 110 cm³/mol. The van der Waals surface area contributed by atoms with Crippen molar-refractivity contribution in [2.24, 2.45) is 0 Å². The maximum absolute atomic E-state index is 12.6. The van der Waals surface area contributed by atoms with E-state index >= 15 is 0 Å². The van der Waals surface area contributed by atoms with E-state index in [1.165, 1.54) is 0 Å². The summed E-state index contributed by atoms with van der Waals surface area (Å²) in [5, 5.41) is 3.54. The SMILES string of the molecule is COc1ccc(C2CC(=O)Nc3c2ncn3-c2cccc(Cl)c2)c(OC)c1OC. The molecule has 0 aliphatic carbocycles. The lowest BCUT2D eigenvalue weighted by molar-refractivity contribution is -0.116. The quantitative estimate of drug-likeness (QED) is 0.683. The number of benzene rings is 2. The normalized spacial score (nSPS) is 15.4. The highest BCUT2D eigenvalue weighted by Gasteiger charge is 2.34. The van der Waals surface area contributed by atoms with Crippen molar-refractivity contribution in [3.8, 4) is 22.9 Å². The Morgan fingerprint density at radius 3 is 2.59 bits per heavy atom. The van der Waals surface area contributed by atoms with Crippen molar-refractivity contribution in [3.05, 3.63) is 59.0 Å². The number of anilines is 1. The van der Waals surface area contributed by atoms with Crippen molar-refractivity contribution >= 4 is 23.3 Å². The average molecular weight is 414 g/mol. The van der Waals surface area contributed by atoms with Crippen molar-refractivity contribution < 1.29 is 19.0 Å². The minimum absolute atomic E-state index is 0.108. The fourth-order valence-electron chi connectivity index (χ4n) is 3.68. The first-order valence-corrected chi connectivity index (χ1v) is 9.37. The molecule has 1 aromatic heterocycles. The second-order valence-electron chi connectivity index (χ2n) is 6.56. The number of carbonyl (C=O) groups excluding carboxylic acids is 1. The van der Waals surface area contributed by atoms with Crippen LogP contribution in [-0.4, -0.2) is 36.8 Å². The van der Waals surface area contributed by atoms with Gasteiger partial charge in [0.2, 0.25) is 11.7 Å². The maximum Gasteiger partial charge on any atom is 0.226 e. The molecule has 2 heterocycles. The van der Waals surface area contributed by atoms with Gasteiger partial charge in [0.05, 0.1) is 27.0 Å². The molecule has 1 aliphatic rings. The van der Waals surface area contributed by atoms with E-state index in [2.05, 4.69) is 10.3 Å². The molecule has 0 fully saturated rings. The van der Waals surface area contributed by atoms with Gasteiger partial charge in [-0.3, -0.25) is 9.36 Å². The standard InChI is InChI=1S/C21H20ClN3O4/c1-27-16-8-7-14(19(28-2)20(16)29-3)15-10-17(26)24-21-18(15)23-11-25(21)13-6-4-5-12(22)9-13/h4-9,11,15H,10H2,1-3H3,(H,24,26). The van der Waals surface area contributed by atoms with E-state index in [1.807, 2.05) is 28.8 Å². The second kappa shape index (κ2) is 7.67. The van der Waals surface area contributed by atoms with Gasteiger partial charge in [-0.15, -0.1) is 0 Å². The van der Waals surface area contributed by atoms with E-state index in [9.17, 15) is 4.79 Å². The molecule has 0 saturated heterocycles. The van der Waals surface area contributed by atoms with Crippen molar-refractivity contribution in [2.45, 2.75) is 12.3 Å². The first-order valence-electron chi connectivity index (χ1n) is 8.99. The maximum atomic E-state index is 12.6. The fraction of sp³-hybridized carbons (Fsp3) is 0.238. The summed E-state index contributed by atoms with van der Waals surface area (Å²) in [5.41, 5.74) is 2.36. The smallest absolute Gasteiger partial charge is 0.226 e. The van der Waals surface area contributed by atoms with Gasteiger partial charge in [-0.2, -0.15) is 0 Å². The zero-order valence-corrected chi connectivity index (χ0v) is 17.0. The summed E-state index contributed by atoms with van der Waals surface area (Å²) in [4.78, 5) is 17.2. The third kappa shape index (κ3) is 3.27. The molecule has 4 rings (SSSR count). The summed E-state index contributed by atoms with van der Waals surface area (Å²) < 4.78 is 18.3. The van der Waals surface area contributed by atoms with Gasteiger partial charge >= 0.3 is 0 Å². The van der Waals surface area contributed by atoms with Crippen LogP contribution in [0.15, 0.2) is 42.7 Å². The fourth-order valence-corrected chi connectivity index (χ4v) is 3.87. The zero-order valence-electron chi connectivity index (χ0n) is 16.2. The molecular formula is C21H20ClN3O4. The molecule has 2 aromatic carbocycles. The van der Waals surface area contributed by atoms with Crippen LogP contribution in [0.3, 0.4) is 0 Å². The van der Waals surface area contributed by atoms with Crippen LogP contribution in [0.1, 0.15) is 23.6 Å². The average Bonchev–Trinajstić information content (AvgIpc) is 3.15. The van der Waals surface area contributed by atoms with E-state index in [1.54, 1.807) is 39.8 Å². The first kappa shape index (κ1) is 19.1. The minimum Gasteiger partial charge on any atom is -0.493 e. The number of nitrogens with one attached hydrogen (secondary N) is 1. The van der Waals surface area contributed by atoms with Crippen LogP contribution < -0.4 is 19.5 Å². The highest BCUT2D eigenvalue weighted by molar-refractivity contribution is 6.30. The Bertz CT molecular complexity index is 1080. The summed E-state index contributed by atoms with van der Waals surface area (Å²) in [7, 11) is 4.68. The number of hydrogen-bond donors (Lipinski definition) is 1. The molecule has 0 saturated carbocycles. The lowest BCUT2D eigenvalue weighted by Gasteiger charge is -2.25. The third-order valence-electron chi connectivity index (χ3n) is 4.97. The lowest BCUT2D eigenvalue weighted by Crippen LogP contribution is -2.25. The number of aromatic nitrogens is 2. The molecule has 1 N–H and O–H groups in total. The van der Waals surface area contributed by atoms with Gasteiger partial charge in [0.15, 0.2) is 11.5 Å². The molecule has 1 aliphatic heterocycles. The molecular weight excluding hydrogens is 394 g/mol. The Kier molecular flexibility index (Phi) is 5.07. The molecule has 150 valence electrons. The number of methoxy groups -OCH3 is 3. The van der Waals surface area contributed by atoms with E-state index in [-0.39, 0.29) is 18.2 Å². The molecule has 0 spiro atoms. The van der Waals surface area contributed by atoms with Crippen LogP contribution in [-0.2, 0) is 4.79 Å². The Hall–Kier alpha value is -3.19. The summed E-state index contributed by atoms with van der Waals surface area (Å²) in [6, 6.07) is 11.0. The topological polar surface area (TPSA) is 74.6 Å². The van der Waals surface area contributed by atoms with Gasteiger partial charge in [0.1, 0.15) is 12.1 Å².